The average molecular weight is 297 g/mol. The highest BCUT2D eigenvalue weighted by atomic mass is 35.5. The Bertz CT molecular complexity index is 593. The molecule has 2 rings (SSSR count). The molecule has 0 spiro atoms. The van der Waals surface area contributed by atoms with Gasteiger partial charge in [0.2, 0.25) is 0 Å². The zero-order valence-corrected chi connectivity index (χ0v) is 12.1. The normalized spacial score (nSPS) is 10.7. The standard InChI is InChI=1S/C14H14Cl2N2O/c1-2-3-14-17-6-7-18(14)9-13(19)11-8-10(15)4-5-12(11)16/h4-8H,2-3,9H2,1H3. The summed E-state index contributed by atoms with van der Waals surface area (Å²) in [7, 11) is 0. The summed E-state index contributed by atoms with van der Waals surface area (Å²) < 4.78 is 1.85. The molecule has 0 unspecified atom stereocenters. The second kappa shape index (κ2) is 6.22. The van der Waals surface area contributed by atoms with Crippen molar-refractivity contribution in [2.75, 3.05) is 0 Å². The van der Waals surface area contributed by atoms with Gasteiger partial charge in [-0.15, -0.1) is 0 Å². The molecule has 5 heteroatoms. The fourth-order valence-corrected chi connectivity index (χ4v) is 2.28. The number of Topliss-reactive ketones (excluding diaryl/α,β-unsaturated/α-hetero) is 1. The molecule has 0 bridgehead atoms. The predicted molar refractivity (Wildman–Crippen MR) is 77.0 cm³/mol. The number of nitrogens with zero attached hydrogens (tertiary/aromatic N) is 2. The first-order valence-electron chi connectivity index (χ1n) is 6.10. The third kappa shape index (κ3) is 3.37. The Balaban J connectivity index is 2.21. The van der Waals surface area contributed by atoms with Gasteiger partial charge in [0.1, 0.15) is 5.82 Å². The van der Waals surface area contributed by atoms with Crippen LogP contribution in [0.3, 0.4) is 0 Å². The van der Waals surface area contributed by atoms with Crippen LogP contribution in [0.1, 0.15) is 29.5 Å². The lowest BCUT2D eigenvalue weighted by atomic mass is 10.1. The quantitative estimate of drug-likeness (QED) is 0.781. The lowest BCUT2D eigenvalue weighted by molar-refractivity contribution is 0.0971. The molecule has 1 aromatic heterocycles. The van der Waals surface area contributed by atoms with Gasteiger partial charge in [0, 0.05) is 29.4 Å². The molecule has 0 radical (unpaired) electrons. The van der Waals surface area contributed by atoms with Gasteiger partial charge in [-0.1, -0.05) is 30.1 Å². The maximum atomic E-state index is 12.2. The van der Waals surface area contributed by atoms with Crippen LogP contribution in [0.5, 0.6) is 0 Å². The van der Waals surface area contributed by atoms with Gasteiger partial charge in [-0.2, -0.15) is 0 Å². The lowest BCUT2D eigenvalue weighted by Crippen LogP contribution is -2.13. The van der Waals surface area contributed by atoms with E-state index >= 15 is 0 Å². The first kappa shape index (κ1) is 14.1. The maximum Gasteiger partial charge on any atom is 0.184 e. The second-order valence-corrected chi connectivity index (χ2v) is 5.11. The molecule has 0 amide bonds. The molecule has 0 aliphatic heterocycles. The highest BCUT2D eigenvalue weighted by molar-refractivity contribution is 6.35. The van der Waals surface area contributed by atoms with E-state index in [9.17, 15) is 4.79 Å². The first-order valence-corrected chi connectivity index (χ1v) is 6.85. The van der Waals surface area contributed by atoms with Gasteiger partial charge in [-0.05, 0) is 24.6 Å². The van der Waals surface area contributed by atoms with E-state index in [0.717, 1.165) is 18.7 Å². The summed E-state index contributed by atoms with van der Waals surface area (Å²) in [6.45, 7) is 2.31. The number of ketones is 1. The average Bonchev–Trinajstić information content (AvgIpc) is 2.80. The van der Waals surface area contributed by atoms with Crippen molar-refractivity contribution in [1.29, 1.82) is 0 Å². The van der Waals surface area contributed by atoms with E-state index in [1.807, 2.05) is 4.57 Å². The molecule has 0 aliphatic carbocycles. The summed E-state index contributed by atoms with van der Waals surface area (Å²) in [6, 6.07) is 4.90. The van der Waals surface area contributed by atoms with Crippen LogP contribution in [-0.4, -0.2) is 15.3 Å². The number of aromatic nitrogens is 2. The van der Waals surface area contributed by atoms with Crippen molar-refractivity contribution in [3.63, 3.8) is 0 Å². The van der Waals surface area contributed by atoms with Crippen molar-refractivity contribution in [2.24, 2.45) is 0 Å². The molecule has 2 aromatic rings. The lowest BCUT2D eigenvalue weighted by Gasteiger charge is -2.08. The Morgan fingerprint density at radius 2 is 2.16 bits per heavy atom. The number of carbonyl (C=O) groups excluding carboxylic acids is 1. The van der Waals surface area contributed by atoms with Crippen LogP contribution < -0.4 is 0 Å². The van der Waals surface area contributed by atoms with Crippen molar-refractivity contribution < 1.29 is 4.79 Å². The summed E-state index contributed by atoms with van der Waals surface area (Å²) >= 11 is 11.9. The van der Waals surface area contributed by atoms with Gasteiger partial charge >= 0.3 is 0 Å². The number of imidazole rings is 1. The molecule has 0 saturated carbocycles. The molecular formula is C14H14Cl2N2O. The van der Waals surface area contributed by atoms with Crippen molar-refractivity contribution in [1.82, 2.24) is 9.55 Å². The Kier molecular flexibility index (Phi) is 4.61. The van der Waals surface area contributed by atoms with Crippen LogP contribution in [0.2, 0.25) is 10.0 Å². The Labute approximate surface area is 122 Å². The third-order valence-corrected chi connectivity index (χ3v) is 3.38. The molecule has 3 nitrogen and oxygen atoms in total. The molecule has 1 aromatic carbocycles. The predicted octanol–water partition coefficient (Wildman–Crippen LogP) is 4.03. The third-order valence-electron chi connectivity index (χ3n) is 2.82. The number of hydrogen-bond donors (Lipinski definition) is 0. The molecule has 0 N–H and O–H groups in total. The molecule has 0 atom stereocenters. The SMILES string of the molecule is CCCc1nccn1CC(=O)c1cc(Cl)ccc1Cl. The fourth-order valence-electron chi connectivity index (χ4n) is 1.89. The Morgan fingerprint density at radius 3 is 2.89 bits per heavy atom. The zero-order chi connectivity index (χ0) is 13.8. The summed E-state index contributed by atoms with van der Waals surface area (Å²) in [5.41, 5.74) is 0.449. The van der Waals surface area contributed by atoms with E-state index in [0.29, 0.717) is 15.6 Å². The monoisotopic (exact) mass is 296 g/mol. The number of aryl methyl sites for hydroxylation is 1. The number of halogens is 2. The van der Waals surface area contributed by atoms with Crippen molar-refractivity contribution >= 4 is 29.0 Å². The van der Waals surface area contributed by atoms with Crippen LogP contribution in [0.25, 0.3) is 0 Å². The van der Waals surface area contributed by atoms with Gasteiger partial charge in [-0.3, -0.25) is 4.79 Å². The van der Waals surface area contributed by atoms with E-state index in [-0.39, 0.29) is 12.3 Å². The number of rotatable bonds is 5. The minimum atomic E-state index is -0.0668. The van der Waals surface area contributed by atoms with Gasteiger partial charge in [0.25, 0.3) is 0 Å². The fraction of sp³-hybridized carbons (Fsp3) is 0.286. The van der Waals surface area contributed by atoms with E-state index in [4.69, 9.17) is 23.2 Å². The van der Waals surface area contributed by atoms with Gasteiger partial charge in [0.15, 0.2) is 5.78 Å². The summed E-state index contributed by atoms with van der Waals surface area (Å²) in [5.74, 6) is 0.844. The number of benzene rings is 1. The maximum absolute atomic E-state index is 12.2. The van der Waals surface area contributed by atoms with Crippen LogP contribution >= 0.6 is 23.2 Å². The zero-order valence-electron chi connectivity index (χ0n) is 10.6. The molecule has 0 fully saturated rings. The second-order valence-electron chi connectivity index (χ2n) is 4.27. The van der Waals surface area contributed by atoms with Crippen molar-refractivity contribution in [2.45, 2.75) is 26.3 Å². The van der Waals surface area contributed by atoms with Crippen LogP contribution in [0.15, 0.2) is 30.6 Å². The van der Waals surface area contributed by atoms with E-state index < -0.39 is 0 Å². The largest absolute Gasteiger partial charge is 0.327 e. The summed E-state index contributed by atoms with van der Waals surface area (Å²) in [4.78, 5) is 16.5. The molecule has 1 heterocycles. The molecule has 100 valence electrons. The van der Waals surface area contributed by atoms with Crippen LogP contribution in [-0.2, 0) is 13.0 Å². The van der Waals surface area contributed by atoms with Crippen LogP contribution in [0.4, 0.5) is 0 Å². The minimum Gasteiger partial charge on any atom is -0.327 e. The molecular weight excluding hydrogens is 283 g/mol. The summed E-state index contributed by atoms with van der Waals surface area (Å²) in [6.07, 6.45) is 5.35. The smallest absolute Gasteiger partial charge is 0.184 e. The van der Waals surface area contributed by atoms with Gasteiger partial charge in [-0.25, -0.2) is 4.98 Å². The number of hydrogen-bond acceptors (Lipinski definition) is 2. The van der Waals surface area contributed by atoms with E-state index in [2.05, 4.69) is 11.9 Å². The molecule has 0 saturated heterocycles. The van der Waals surface area contributed by atoms with Crippen LogP contribution in [0, 0.1) is 0 Å². The van der Waals surface area contributed by atoms with Crippen molar-refractivity contribution in [3.05, 3.63) is 52.0 Å². The first-order chi connectivity index (χ1) is 9.11. The van der Waals surface area contributed by atoms with Crippen molar-refractivity contribution in [3.8, 4) is 0 Å². The highest BCUT2D eigenvalue weighted by Crippen LogP contribution is 2.21. The van der Waals surface area contributed by atoms with Gasteiger partial charge < -0.3 is 4.57 Å². The minimum absolute atomic E-state index is 0.0668. The topological polar surface area (TPSA) is 34.9 Å². The highest BCUT2D eigenvalue weighted by Gasteiger charge is 2.13. The molecule has 19 heavy (non-hydrogen) atoms. The van der Waals surface area contributed by atoms with E-state index in [1.165, 1.54) is 0 Å². The Hall–Kier alpha value is -1.32. The number of carbonyl (C=O) groups is 1. The Morgan fingerprint density at radius 1 is 1.37 bits per heavy atom. The molecule has 0 aliphatic rings. The summed E-state index contributed by atoms with van der Waals surface area (Å²) in [5, 5.41) is 0.929. The van der Waals surface area contributed by atoms with E-state index in [1.54, 1.807) is 30.6 Å². The van der Waals surface area contributed by atoms with Gasteiger partial charge in [0.05, 0.1) is 11.6 Å².